The second-order valence-corrected chi connectivity index (χ2v) is 22.2. The fourth-order valence-electron chi connectivity index (χ4n) is 5.80. The summed E-state index contributed by atoms with van der Waals surface area (Å²) in [6, 6.07) is 1.75. The summed E-state index contributed by atoms with van der Waals surface area (Å²) < 4.78 is 28.9. The molecule has 3 rings (SSSR count). The maximum absolute atomic E-state index is 15.2. The number of allylic oxidation sites excluding steroid dienone is 1. The number of anilines is 1. The van der Waals surface area contributed by atoms with Crippen LogP contribution in [-0.4, -0.2) is 53.4 Å². The zero-order valence-corrected chi connectivity index (χ0v) is 30.3. The van der Waals surface area contributed by atoms with Crippen molar-refractivity contribution in [1.29, 1.82) is 0 Å². The summed E-state index contributed by atoms with van der Waals surface area (Å²) in [4.78, 5) is 28.5. The zero-order valence-electron chi connectivity index (χ0n) is 28.5. The van der Waals surface area contributed by atoms with E-state index in [0.717, 1.165) is 44.2 Å². The molecule has 1 aromatic rings. The highest BCUT2D eigenvalue weighted by Gasteiger charge is 2.42. The van der Waals surface area contributed by atoms with Crippen LogP contribution in [0, 0.1) is 5.92 Å². The van der Waals surface area contributed by atoms with Gasteiger partial charge in [-0.15, -0.1) is 4.36 Å². The third kappa shape index (κ3) is 8.51. The van der Waals surface area contributed by atoms with E-state index < -0.39 is 41.1 Å². The summed E-state index contributed by atoms with van der Waals surface area (Å²) in [5.74, 6) is -0.282. The van der Waals surface area contributed by atoms with Crippen molar-refractivity contribution in [2.75, 3.05) is 18.4 Å². The van der Waals surface area contributed by atoms with Crippen molar-refractivity contribution in [3.8, 4) is 0 Å². The van der Waals surface area contributed by atoms with Gasteiger partial charge in [-0.2, -0.15) is 0 Å². The molecule has 10 heteroatoms. The molecule has 2 aliphatic carbocycles. The van der Waals surface area contributed by atoms with E-state index in [1.807, 2.05) is 53.7 Å². The molecule has 43 heavy (non-hydrogen) atoms. The minimum absolute atomic E-state index is 0.154. The molecule has 2 unspecified atom stereocenters. The molecule has 0 saturated carbocycles. The van der Waals surface area contributed by atoms with E-state index in [1.165, 1.54) is 22.3 Å². The van der Waals surface area contributed by atoms with Crippen LogP contribution in [0.5, 0.6) is 0 Å². The lowest BCUT2D eigenvalue weighted by Crippen LogP contribution is -2.57. The van der Waals surface area contributed by atoms with Gasteiger partial charge in [0, 0.05) is 18.8 Å². The number of hydrogen-bond donors (Lipinski definition) is 2. The number of ether oxygens (including phenoxy) is 1. The molecule has 3 atom stereocenters. The largest absolute Gasteiger partial charge is 0.444 e. The topological polar surface area (TPSA) is 100 Å². The van der Waals surface area contributed by atoms with E-state index in [9.17, 15) is 9.59 Å². The van der Waals surface area contributed by atoms with Crippen LogP contribution in [0.1, 0.15) is 97.4 Å². The number of rotatable bonds is 9. The van der Waals surface area contributed by atoms with Gasteiger partial charge in [-0.3, -0.25) is 4.39 Å². The maximum atomic E-state index is 15.2. The van der Waals surface area contributed by atoms with Crippen LogP contribution < -0.4 is 9.70 Å². The predicted octanol–water partition coefficient (Wildman–Crippen LogP) is 8.01. The normalized spacial score (nSPS) is 18.0. The number of hydrogen-bond acceptors (Lipinski definition) is 4. The fourth-order valence-corrected chi connectivity index (χ4v) is 12.2. The lowest BCUT2D eigenvalue weighted by molar-refractivity contribution is 0.0236. The molecule has 0 fully saturated rings. The first-order chi connectivity index (χ1) is 19.8. The summed E-state index contributed by atoms with van der Waals surface area (Å²) >= 11 is 0. The predicted molar refractivity (Wildman–Crippen MR) is 182 cm³/mol. The van der Waals surface area contributed by atoms with Crippen molar-refractivity contribution < 1.29 is 18.5 Å². The van der Waals surface area contributed by atoms with Crippen molar-refractivity contribution in [3.63, 3.8) is 0 Å². The molecule has 3 amide bonds. The quantitative estimate of drug-likeness (QED) is 0.213. The number of nitrogens with one attached hydrogen (secondary N) is 2. The van der Waals surface area contributed by atoms with Gasteiger partial charge in [0.15, 0.2) is 0 Å². The summed E-state index contributed by atoms with van der Waals surface area (Å²) in [6.45, 7) is 22.7. The molecule has 0 heterocycles. The van der Waals surface area contributed by atoms with Crippen LogP contribution in [-0.2, 0) is 40.3 Å². The summed E-state index contributed by atoms with van der Waals surface area (Å²) in [5, 5.41) is 2.36. The second-order valence-electron chi connectivity index (χ2n) is 14.8. The minimum atomic E-state index is -3.34. The van der Waals surface area contributed by atoms with Gasteiger partial charge in [0.2, 0.25) is 0 Å². The number of aryl methyl sites for hydroxylation is 2. The summed E-state index contributed by atoms with van der Waals surface area (Å²) in [7, 11) is -5.75. The minimum Gasteiger partial charge on any atom is -0.444 e. The Morgan fingerprint density at radius 3 is 2.09 bits per heavy atom. The standard InChI is InChI=1S/C33H56N4O4SSi/c1-12-16-28(23(3)22-37(13-2)31(39)41-32(4,5)6)42(40,36-43(10,11)33(7,8)9)35-30(38)34-29-26-19-14-17-24(26)21-25-18-15-20-27(25)29/h12,16,21,23,28H,13-15,17-20,22H2,1-11H3,(H2,34,35,36,38,40)/t23-,28?,42?/m1/s1. The molecule has 0 aliphatic heterocycles. The van der Waals surface area contributed by atoms with Crippen molar-refractivity contribution in [2.24, 2.45) is 10.3 Å². The van der Waals surface area contributed by atoms with Crippen LogP contribution in [0.4, 0.5) is 15.3 Å². The smallest absolute Gasteiger partial charge is 0.410 e. The third-order valence-electron chi connectivity index (χ3n) is 9.05. The van der Waals surface area contributed by atoms with Crippen molar-refractivity contribution in [2.45, 2.75) is 130 Å². The monoisotopic (exact) mass is 632 g/mol. The molecule has 2 aliphatic rings. The van der Waals surface area contributed by atoms with Gasteiger partial charge < -0.3 is 15.0 Å². The van der Waals surface area contributed by atoms with Gasteiger partial charge in [0.1, 0.15) is 23.8 Å². The van der Waals surface area contributed by atoms with E-state index in [-0.39, 0.29) is 11.0 Å². The van der Waals surface area contributed by atoms with Gasteiger partial charge >= 0.3 is 12.1 Å². The second kappa shape index (κ2) is 13.4. The van der Waals surface area contributed by atoms with Gasteiger partial charge in [-0.25, -0.2) is 13.8 Å². The Bertz CT molecular complexity index is 1320. The molecule has 0 bridgehead atoms. The Kier molecular flexibility index (Phi) is 11.0. The first-order valence-corrected chi connectivity index (χ1v) is 20.5. The van der Waals surface area contributed by atoms with Gasteiger partial charge in [0.05, 0.1) is 5.25 Å². The Morgan fingerprint density at radius 1 is 1.07 bits per heavy atom. The third-order valence-corrected chi connectivity index (χ3v) is 17.8. The van der Waals surface area contributed by atoms with Crippen LogP contribution in [0.15, 0.2) is 22.6 Å². The maximum Gasteiger partial charge on any atom is 0.410 e. The first kappa shape index (κ1) is 35.3. The van der Waals surface area contributed by atoms with Crippen molar-refractivity contribution in [1.82, 2.24) is 9.29 Å². The summed E-state index contributed by atoms with van der Waals surface area (Å²) in [5.41, 5.74) is 5.32. The molecule has 0 saturated heterocycles. The molecule has 0 aromatic heterocycles. The Morgan fingerprint density at radius 2 is 1.63 bits per heavy atom. The van der Waals surface area contributed by atoms with E-state index >= 15 is 4.21 Å². The number of carbonyl (C=O) groups is 2. The van der Waals surface area contributed by atoms with Crippen LogP contribution in [0.2, 0.25) is 18.1 Å². The molecule has 0 spiro atoms. The Labute approximate surface area is 262 Å². The highest BCUT2D eigenvalue weighted by molar-refractivity contribution is 7.94. The number of carbonyl (C=O) groups excluding carboxylic acids is 2. The molecule has 242 valence electrons. The molecular weight excluding hydrogens is 577 g/mol. The zero-order chi connectivity index (χ0) is 32.4. The molecule has 1 aromatic carbocycles. The molecule has 2 N–H and O–H groups in total. The van der Waals surface area contributed by atoms with Crippen molar-refractivity contribution in [3.05, 3.63) is 40.5 Å². The number of amides is 3. The lowest BCUT2D eigenvalue weighted by Gasteiger charge is -2.40. The average Bonchev–Trinajstić information content (AvgIpc) is 3.52. The van der Waals surface area contributed by atoms with Crippen LogP contribution in [0.25, 0.3) is 0 Å². The Hall–Kier alpha value is -2.17. The van der Waals surface area contributed by atoms with E-state index in [0.29, 0.717) is 13.1 Å². The number of urea groups is 1. The average molecular weight is 633 g/mol. The van der Waals surface area contributed by atoms with Crippen molar-refractivity contribution >= 4 is 36.0 Å². The molecular formula is C33H56N4O4SSi. The lowest BCUT2D eigenvalue weighted by atomic mass is 9.99. The van der Waals surface area contributed by atoms with Gasteiger partial charge in [-0.05, 0) is 106 Å². The summed E-state index contributed by atoms with van der Waals surface area (Å²) in [6.07, 6.45) is 9.41. The highest BCUT2D eigenvalue weighted by atomic mass is 32.2. The SMILES string of the molecule is CC=CC([C@H](C)CN(CC)C(=O)OC(C)(C)C)S(=O)(=NC(=O)Nc1c2c(cc3c1CCC3)CCC2)N[Si](C)(C)C(C)(C)C. The van der Waals surface area contributed by atoms with Crippen LogP contribution in [0.3, 0.4) is 0 Å². The molecule has 0 radical (unpaired) electrons. The van der Waals surface area contributed by atoms with Gasteiger partial charge in [-0.1, -0.05) is 59.0 Å². The fraction of sp³-hybridized carbons (Fsp3) is 0.697. The van der Waals surface area contributed by atoms with Crippen LogP contribution >= 0.6 is 0 Å². The number of benzene rings is 1. The Balaban J connectivity index is 2.06. The van der Waals surface area contributed by atoms with E-state index in [1.54, 1.807) is 4.90 Å². The highest BCUT2D eigenvalue weighted by Crippen LogP contribution is 2.39. The number of nitrogens with zero attached hydrogens (tertiary/aromatic N) is 2. The van der Waals surface area contributed by atoms with E-state index in [4.69, 9.17) is 4.74 Å². The van der Waals surface area contributed by atoms with Gasteiger partial charge in [0.25, 0.3) is 0 Å². The number of fused-ring (bicyclic) bond motifs is 2. The molecule has 8 nitrogen and oxygen atoms in total. The first-order valence-electron chi connectivity index (χ1n) is 15.9. The van der Waals surface area contributed by atoms with E-state index in [2.05, 4.69) is 54.0 Å².